The van der Waals surface area contributed by atoms with Crippen molar-refractivity contribution in [2.24, 2.45) is 11.7 Å². The van der Waals surface area contributed by atoms with Crippen molar-refractivity contribution in [3.05, 3.63) is 29.6 Å². The normalized spacial score (nSPS) is 23.9. The minimum Gasteiger partial charge on any atom is -0.487 e. The summed E-state index contributed by atoms with van der Waals surface area (Å²) in [4.78, 5) is 0. The molecular formula is C15H22FNO. The fourth-order valence-corrected chi connectivity index (χ4v) is 2.60. The van der Waals surface area contributed by atoms with Crippen LogP contribution in [0.5, 0.6) is 5.75 Å². The van der Waals surface area contributed by atoms with Crippen LogP contribution in [0.1, 0.15) is 44.6 Å². The van der Waals surface area contributed by atoms with Crippen LogP contribution in [0.4, 0.5) is 4.39 Å². The number of halogens is 1. The minimum atomic E-state index is -0.296. The van der Waals surface area contributed by atoms with Crippen LogP contribution in [-0.2, 0) is 6.54 Å². The van der Waals surface area contributed by atoms with E-state index in [4.69, 9.17) is 10.5 Å². The fourth-order valence-electron chi connectivity index (χ4n) is 2.60. The lowest BCUT2D eigenvalue weighted by Gasteiger charge is -2.28. The van der Waals surface area contributed by atoms with Crippen molar-refractivity contribution in [1.82, 2.24) is 0 Å². The summed E-state index contributed by atoms with van der Waals surface area (Å²) in [7, 11) is 0. The van der Waals surface area contributed by atoms with Crippen molar-refractivity contribution in [1.29, 1.82) is 0 Å². The number of benzene rings is 1. The second-order valence-electron chi connectivity index (χ2n) is 5.14. The van der Waals surface area contributed by atoms with Gasteiger partial charge in [0.2, 0.25) is 0 Å². The number of nitrogens with two attached hydrogens (primary N) is 1. The van der Waals surface area contributed by atoms with Crippen molar-refractivity contribution in [2.75, 3.05) is 0 Å². The Hall–Kier alpha value is -1.09. The predicted molar refractivity (Wildman–Crippen MR) is 71.0 cm³/mol. The van der Waals surface area contributed by atoms with Gasteiger partial charge >= 0.3 is 0 Å². The van der Waals surface area contributed by atoms with Crippen molar-refractivity contribution in [3.8, 4) is 5.75 Å². The Kier molecular flexibility index (Phi) is 4.59. The Balaban J connectivity index is 1.94. The Morgan fingerprint density at radius 3 is 2.56 bits per heavy atom. The SMILES string of the molecule is CCC1CCC(Oc2ccc(CN)cc2F)CC1. The minimum absolute atomic E-state index is 0.172. The maximum absolute atomic E-state index is 13.8. The molecule has 0 aromatic heterocycles. The molecule has 0 saturated heterocycles. The van der Waals surface area contributed by atoms with Gasteiger partial charge in [-0.15, -0.1) is 0 Å². The molecule has 1 fully saturated rings. The van der Waals surface area contributed by atoms with Crippen LogP contribution < -0.4 is 10.5 Å². The molecule has 0 bridgehead atoms. The van der Waals surface area contributed by atoms with Gasteiger partial charge in [-0.3, -0.25) is 0 Å². The zero-order valence-electron chi connectivity index (χ0n) is 11.0. The van der Waals surface area contributed by atoms with E-state index in [1.165, 1.54) is 25.3 Å². The monoisotopic (exact) mass is 251 g/mol. The van der Waals surface area contributed by atoms with E-state index in [0.29, 0.717) is 12.3 Å². The molecule has 1 aliphatic rings. The second kappa shape index (κ2) is 6.19. The summed E-state index contributed by atoms with van der Waals surface area (Å²) in [6.45, 7) is 2.59. The molecule has 0 atom stereocenters. The second-order valence-corrected chi connectivity index (χ2v) is 5.14. The first-order valence-corrected chi connectivity index (χ1v) is 6.88. The highest BCUT2D eigenvalue weighted by Gasteiger charge is 2.22. The summed E-state index contributed by atoms with van der Waals surface area (Å²) in [5.41, 5.74) is 6.28. The van der Waals surface area contributed by atoms with Crippen LogP contribution in [0.15, 0.2) is 18.2 Å². The Morgan fingerprint density at radius 1 is 1.28 bits per heavy atom. The quantitative estimate of drug-likeness (QED) is 0.886. The maximum atomic E-state index is 13.8. The van der Waals surface area contributed by atoms with Crippen LogP contribution in [-0.4, -0.2) is 6.10 Å². The van der Waals surface area contributed by atoms with E-state index in [9.17, 15) is 4.39 Å². The molecule has 100 valence electrons. The Morgan fingerprint density at radius 2 is 2.00 bits per heavy atom. The van der Waals surface area contributed by atoms with E-state index >= 15 is 0 Å². The molecule has 0 radical (unpaired) electrons. The smallest absolute Gasteiger partial charge is 0.165 e. The molecule has 0 unspecified atom stereocenters. The molecule has 2 nitrogen and oxygen atoms in total. The molecule has 0 heterocycles. The van der Waals surface area contributed by atoms with Crippen LogP contribution in [0, 0.1) is 11.7 Å². The van der Waals surface area contributed by atoms with Crippen molar-refractivity contribution in [2.45, 2.75) is 51.7 Å². The molecule has 3 heteroatoms. The fraction of sp³-hybridized carbons (Fsp3) is 0.600. The topological polar surface area (TPSA) is 35.2 Å². The van der Waals surface area contributed by atoms with Gasteiger partial charge in [0.05, 0.1) is 6.10 Å². The third-order valence-corrected chi connectivity index (χ3v) is 3.90. The van der Waals surface area contributed by atoms with Gasteiger partial charge < -0.3 is 10.5 Å². The zero-order chi connectivity index (χ0) is 13.0. The van der Waals surface area contributed by atoms with Gasteiger partial charge in [0.1, 0.15) is 0 Å². The van der Waals surface area contributed by atoms with E-state index in [0.717, 1.165) is 24.3 Å². The first kappa shape index (κ1) is 13.3. The summed E-state index contributed by atoms with van der Waals surface area (Å²) < 4.78 is 19.5. The molecule has 0 aliphatic heterocycles. The van der Waals surface area contributed by atoms with E-state index in [1.54, 1.807) is 6.07 Å². The third-order valence-electron chi connectivity index (χ3n) is 3.90. The van der Waals surface area contributed by atoms with Gasteiger partial charge in [-0.25, -0.2) is 4.39 Å². The van der Waals surface area contributed by atoms with Crippen molar-refractivity contribution < 1.29 is 9.13 Å². The summed E-state index contributed by atoms with van der Waals surface area (Å²) >= 11 is 0. The number of rotatable bonds is 4. The molecule has 1 aromatic carbocycles. The van der Waals surface area contributed by atoms with E-state index < -0.39 is 0 Å². The summed E-state index contributed by atoms with van der Waals surface area (Å²) in [6.07, 6.45) is 5.89. The predicted octanol–water partition coefficient (Wildman–Crippen LogP) is 3.63. The van der Waals surface area contributed by atoms with Crippen molar-refractivity contribution in [3.63, 3.8) is 0 Å². The van der Waals surface area contributed by atoms with Gasteiger partial charge in [-0.1, -0.05) is 19.4 Å². The molecular weight excluding hydrogens is 229 g/mol. The summed E-state index contributed by atoms with van der Waals surface area (Å²) in [5.74, 6) is 0.900. The first-order valence-electron chi connectivity index (χ1n) is 6.88. The summed E-state index contributed by atoms with van der Waals surface area (Å²) in [5, 5.41) is 0. The Bertz CT molecular complexity index is 386. The molecule has 1 saturated carbocycles. The molecule has 2 rings (SSSR count). The van der Waals surface area contributed by atoms with E-state index in [1.807, 2.05) is 6.07 Å². The molecule has 1 aromatic rings. The lowest BCUT2D eigenvalue weighted by molar-refractivity contribution is 0.125. The van der Waals surface area contributed by atoms with Gasteiger partial charge in [-0.2, -0.15) is 0 Å². The van der Waals surface area contributed by atoms with Crippen LogP contribution in [0.25, 0.3) is 0 Å². The van der Waals surface area contributed by atoms with E-state index in [-0.39, 0.29) is 11.9 Å². The molecule has 0 spiro atoms. The lowest BCUT2D eigenvalue weighted by atomic mass is 9.86. The summed E-state index contributed by atoms with van der Waals surface area (Å²) in [6, 6.07) is 4.99. The highest BCUT2D eigenvalue weighted by Crippen LogP contribution is 2.30. The number of hydrogen-bond acceptors (Lipinski definition) is 2. The molecule has 2 N–H and O–H groups in total. The number of hydrogen-bond donors (Lipinski definition) is 1. The molecule has 18 heavy (non-hydrogen) atoms. The molecule has 1 aliphatic carbocycles. The van der Waals surface area contributed by atoms with Gasteiger partial charge in [0.15, 0.2) is 11.6 Å². The van der Waals surface area contributed by atoms with Crippen LogP contribution >= 0.6 is 0 Å². The van der Waals surface area contributed by atoms with Gasteiger partial charge in [-0.05, 0) is 49.3 Å². The average molecular weight is 251 g/mol. The number of ether oxygens (including phenoxy) is 1. The van der Waals surface area contributed by atoms with E-state index in [2.05, 4.69) is 6.92 Å². The first-order chi connectivity index (χ1) is 8.72. The van der Waals surface area contributed by atoms with Gasteiger partial charge in [0, 0.05) is 6.54 Å². The highest BCUT2D eigenvalue weighted by molar-refractivity contribution is 5.29. The largest absolute Gasteiger partial charge is 0.487 e. The van der Waals surface area contributed by atoms with Crippen molar-refractivity contribution >= 4 is 0 Å². The molecule has 0 amide bonds. The van der Waals surface area contributed by atoms with Gasteiger partial charge in [0.25, 0.3) is 0 Å². The lowest BCUT2D eigenvalue weighted by Crippen LogP contribution is -2.24. The maximum Gasteiger partial charge on any atom is 0.165 e. The Labute approximate surface area is 108 Å². The highest BCUT2D eigenvalue weighted by atomic mass is 19.1. The standard InChI is InChI=1S/C15H22FNO/c1-2-11-3-6-13(7-4-11)18-15-8-5-12(10-17)9-14(15)16/h5,8-9,11,13H,2-4,6-7,10,17H2,1H3. The zero-order valence-corrected chi connectivity index (χ0v) is 11.0. The third kappa shape index (κ3) is 3.22. The van der Waals surface area contributed by atoms with Crippen LogP contribution in [0.2, 0.25) is 0 Å². The van der Waals surface area contributed by atoms with Crippen LogP contribution in [0.3, 0.4) is 0 Å². The average Bonchev–Trinajstić information content (AvgIpc) is 2.42.